The van der Waals surface area contributed by atoms with Crippen LogP contribution in [0.4, 0.5) is 17.1 Å². The van der Waals surface area contributed by atoms with Crippen molar-refractivity contribution in [3.05, 3.63) is 74.7 Å². The lowest BCUT2D eigenvalue weighted by molar-refractivity contribution is -0.384. The smallest absolute Gasteiger partial charge is 0.296 e. The van der Waals surface area contributed by atoms with E-state index in [1.807, 2.05) is 11.0 Å². The van der Waals surface area contributed by atoms with Crippen LogP contribution in [0.2, 0.25) is 0 Å². The molecule has 0 saturated carbocycles. The number of sulfonamides is 1. The van der Waals surface area contributed by atoms with Gasteiger partial charge < -0.3 is 4.90 Å². The first-order valence-corrected chi connectivity index (χ1v) is 13.1. The number of nitro groups is 1. The third-order valence-electron chi connectivity index (χ3n) is 6.44. The number of rotatable bonds is 6. The molecule has 0 radical (unpaired) electrons. The number of anilines is 2. The molecule has 0 unspecified atom stereocenters. The van der Waals surface area contributed by atoms with Crippen molar-refractivity contribution >= 4 is 27.1 Å². The number of hydrogen-bond donors (Lipinski definition) is 1. The summed E-state index contributed by atoms with van der Waals surface area (Å²) in [7, 11) is -2.60. The van der Waals surface area contributed by atoms with Crippen molar-refractivity contribution in [1.29, 1.82) is 0 Å². The van der Waals surface area contributed by atoms with Crippen LogP contribution < -0.4 is 15.2 Å². The molecule has 4 rings (SSSR count). The van der Waals surface area contributed by atoms with Crippen molar-refractivity contribution < 1.29 is 13.3 Å². The maximum atomic E-state index is 13.2. The van der Waals surface area contributed by atoms with E-state index in [1.54, 1.807) is 42.9 Å². The number of nitrogens with one attached hydrogen (secondary N) is 1. The average Bonchev–Trinajstić information content (AvgIpc) is 3.02. The van der Waals surface area contributed by atoms with Gasteiger partial charge in [0.15, 0.2) is 0 Å². The Bertz CT molecular complexity index is 1390. The number of nitrogens with zero attached hydrogens (tertiary/aromatic N) is 4. The molecule has 1 N–H and O–H groups in total. The predicted octanol–water partition coefficient (Wildman–Crippen LogP) is 3.96. The van der Waals surface area contributed by atoms with E-state index in [0.29, 0.717) is 30.2 Å². The largest absolute Gasteiger partial charge is 0.366 e. The predicted molar refractivity (Wildman–Crippen MR) is 135 cm³/mol. The summed E-state index contributed by atoms with van der Waals surface area (Å²) in [4.78, 5) is 26.1. The van der Waals surface area contributed by atoms with Crippen LogP contribution >= 0.6 is 0 Å². The molecule has 11 heteroatoms. The minimum atomic E-state index is -4.26. The van der Waals surface area contributed by atoms with Gasteiger partial charge in [0.05, 0.1) is 21.2 Å². The molecule has 1 fully saturated rings. The summed E-state index contributed by atoms with van der Waals surface area (Å²) < 4.78 is 31.7. The zero-order valence-corrected chi connectivity index (χ0v) is 20.6. The van der Waals surface area contributed by atoms with Gasteiger partial charge in [-0.25, -0.2) is 13.1 Å². The molecule has 186 valence electrons. The Morgan fingerprint density at radius 3 is 2.23 bits per heavy atom. The molecule has 35 heavy (non-hydrogen) atoms. The standard InChI is InChI=1S/C24H29N5O5S/c1-18-23(24(30)28(26(18)2)19-11-7-6-8-12-19)25-35(33,34)20-13-14-21(22(17-20)29(31)32)27-15-9-4-3-5-10-16-27/h6-8,11-14,17,25H,3-5,9-10,15-16H2,1-2H3. The highest BCUT2D eigenvalue weighted by atomic mass is 32.2. The Morgan fingerprint density at radius 2 is 1.60 bits per heavy atom. The summed E-state index contributed by atoms with van der Waals surface area (Å²) in [6, 6.07) is 12.8. The molecule has 0 aliphatic carbocycles. The van der Waals surface area contributed by atoms with Gasteiger partial charge in [0, 0.05) is 26.2 Å². The average molecular weight is 500 g/mol. The minimum absolute atomic E-state index is 0.105. The van der Waals surface area contributed by atoms with E-state index in [4.69, 9.17) is 0 Å². The molecule has 0 bridgehead atoms. The van der Waals surface area contributed by atoms with Crippen LogP contribution in [0.15, 0.2) is 58.2 Å². The Balaban J connectivity index is 1.70. The van der Waals surface area contributed by atoms with Gasteiger partial charge in [-0.15, -0.1) is 0 Å². The van der Waals surface area contributed by atoms with E-state index in [2.05, 4.69) is 4.72 Å². The van der Waals surface area contributed by atoms with Gasteiger partial charge in [0.2, 0.25) is 0 Å². The zero-order valence-electron chi connectivity index (χ0n) is 19.8. The summed E-state index contributed by atoms with van der Waals surface area (Å²) in [5.41, 5.74) is 0.507. The van der Waals surface area contributed by atoms with Crippen LogP contribution in [0.25, 0.3) is 5.69 Å². The molecule has 1 aliphatic heterocycles. The highest BCUT2D eigenvalue weighted by Gasteiger charge is 2.27. The summed E-state index contributed by atoms with van der Waals surface area (Å²) >= 11 is 0. The second kappa shape index (κ2) is 9.95. The van der Waals surface area contributed by atoms with E-state index in [1.165, 1.54) is 16.8 Å². The lowest BCUT2D eigenvalue weighted by atomic mass is 10.1. The van der Waals surface area contributed by atoms with Crippen molar-refractivity contribution in [2.24, 2.45) is 7.05 Å². The Morgan fingerprint density at radius 1 is 0.971 bits per heavy atom. The number of nitro benzene ring substituents is 1. The van der Waals surface area contributed by atoms with E-state index in [9.17, 15) is 23.3 Å². The van der Waals surface area contributed by atoms with Crippen molar-refractivity contribution in [2.75, 3.05) is 22.7 Å². The SMILES string of the molecule is Cc1c(NS(=O)(=O)c2ccc(N3CCCCCCC3)c([N+](=O)[O-])c2)c(=O)n(-c2ccccc2)n1C. The third-order valence-corrected chi connectivity index (χ3v) is 7.79. The molecule has 3 aromatic rings. The minimum Gasteiger partial charge on any atom is -0.366 e. The summed E-state index contributed by atoms with van der Waals surface area (Å²) in [6.45, 7) is 3.01. The molecule has 2 aromatic carbocycles. The highest BCUT2D eigenvalue weighted by Crippen LogP contribution is 2.33. The molecule has 1 aromatic heterocycles. The molecular formula is C24H29N5O5S. The van der Waals surface area contributed by atoms with Gasteiger partial charge in [0.25, 0.3) is 21.3 Å². The van der Waals surface area contributed by atoms with Crippen molar-refractivity contribution in [3.8, 4) is 5.69 Å². The number of para-hydroxylation sites is 1. The molecule has 10 nitrogen and oxygen atoms in total. The van der Waals surface area contributed by atoms with E-state index < -0.39 is 20.5 Å². The molecule has 0 amide bonds. The fourth-order valence-corrected chi connectivity index (χ4v) is 5.59. The lowest BCUT2D eigenvalue weighted by Gasteiger charge is -2.26. The van der Waals surface area contributed by atoms with Gasteiger partial charge in [-0.2, -0.15) is 0 Å². The normalized spacial score (nSPS) is 14.9. The van der Waals surface area contributed by atoms with E-state index in [0.717, 1.165) is 38.2 Å². The quantitative estimate of drug-likeness (QED) is 0.405. The van der Waals surface area contributed by atoms with Crippen LogP contribution in [0.3, 0.4) is 0 Å². The monoisotopic (exact) mass is 499 g/mol. The van der Waals surface area contributed by atoms with Gasteiger partial charge in [-0.1, -0.05) is 37.5 Å². The van der Waals surface area contributed by atoms with Crippen LogP contribution in [0.5, 0.6) is 0 Å². The summed E-state index contributed by atoms with van der Waals surface area (Å²) in [6.07, 6.45) is 5.15. The van der Waals surface area contributed by atoms with Gasteiger partial charge >= 0.3 is 0 Å². The van der Waals surface area contributed by atoms with Crippen LogP contribution in [0.1, 0.15) is 37.8 Å². The van der Waals surface area contributed by atoms with Crippen LogP contribution in [-0.2, 0) is 17.1 Å². The van der Waals surface area contributed by atoms with E-state index in [-0.39, 0.29) is 16.3 Å². The molecule has 0 atom stereocenters. The topological polar surface area (TPSA) is 119 Å². The fraction of sp³-hybridized carbons (Fsp3) is 0.375. The van der Waals surface area contributed by atoms with Crippen molar-refractivity contribution in [1.82, 2.24) is 9.36 Å². The van der Waals surface area contributed by atoms with E-state index >= 15 is 0 Å². The second-order valence-corrected chi connectivity index (χ2v) is 10.4. The van der Waals surface area contributed by atoms with Crippen molar-refractivity contribution in [3.63, 3.8) is 0 Å². The van der Waals surface area contributed by atoms with Gasteiger partial charge in [-0.05, 0) is 44.0 Å². The molecule has 0 spiro atoms. The first-order valence-electron chi connectivity index (χ1n) is 11.6. The Kier molecular flexibility index (Phi) is 6.97. The second-order valence-electron chi connectivity index (χ2n) is 8.70. The van der Waals surface area contributed by atoms with Gasteiger partial charge in [-0.3, -0.25) is 24.3 Å². The number of benzene rings is 2. The number of aromatic nitrogens is 2. The Labute approximate surface area is 204 Å². The zero-order chi connectivity index (χ0) is 25.2. The Hall–Kier alpha value is -3.60. The van der Waals surface area contributed by atoms with Gasteiger partial charge in [0.1, 0.15) is 11.4 Å². The number of hydrogen-bond acceptors (Lipinski definition) is 6. The van der Waals surface area contributed by atoms with Crippen LogP contribution in [0, 0.1) is 17.0 Å². The highest BCUT2D eigenvalue weighted by molar-refractivity contribution is 7.92. The fourth-order valence-electron chi connectivity index (χ4n) is 4.45. The molecule has 1 aliphatic rings. The van der Waals surface area contributed by atoms with Crippen LogP contribution in [-0.4, -0.2) is 35.8 Å². The third kappa shape index (κ3) is 4.95. The molecule has 1 saturated heterocycles. The first kappa shape index (κ1) is 24.5. The molecular weight excluding hydrogens is 470 g/mol. The lowest BCUT2D eigenvalue weighted by Crippen LogP contribution is -2.28. The summed E-state index contributed by atoms with van der Waals surface area (Å²) in [5, 5.41) is 11.9. The maximum absolute atomic E-state index is 13.2. The molecule has 2 heterocycles. The van der Waals surface area contributed by atoms with Crippen molar-refractivity contribution in [2.45, 2.75) is 43.9 Å². The first-order chi connectivity index (χ1) is 16.7. The maximum Gasteiger partial charge on any atom is 0.296 e. The summed E-state index contributed by atoms with van der Waals surface area (Å²) in [5.74, 6) is 0.